The zero-order valence-electron chi connectivity index (χ0n) is 6.22. The van der Waals surface area contributed by atoms with Gasteiger partial charge in [0.1, 0.15) is 5.69 Å². The zero-order valence-corrected chi connectivity index (χ0v) is 6.22. The van der Waals surface area contributed by atoms with Crippen molar-refractivity contribution in [3.8, 4) is 5.75 Å². The lowest BCUT2D eigenvalue weighted by Gasteiger charge is -2.06. The molecule has 11 heavy (non-hydrogen) atoms. The van der Waals surface area contributed by atoms with Gasteiger partial charge in [-0.25, -0.2) is 0 Å². The van der Waals surface area contributed by atoms with Crippen molar-refractivity contribution in [2.45, 2.75) is 13.3 Å². The Kier molecular flexibility index (Phi) is 1.94. The van der Waals surface area contributed by atoms with Crippen LogP contribution in [-0.4, -0.2) is 6.61 Å². The maximum Gasteiger partial charge on any atom is 0.271 e. The average molecular weight is 155 g/mol. The molecule has 2 N–H and O–H groups in total. The van der Waals surface area contributed by atoms with Gasteiger partial charge in [0, 0.05) is 0 Å². The van der Waals surface area contributed by atoms with Crippen LogP contribution in [0.5, 0.6) is 5.75 Å². The van der Waals surface area contributed by atoms with Gasteiger partial charge in [-0.05, 0) is 6.42 Å². The van der Waals surface area contributed by atoms with Gasteiger partial charge in [0.05, 0.1) is 6.61 Å². The Morgan fingerprint density at radius 1 is 1.36 bits per heavy atom. The fraction of sp³-hybridized carbons (Fsp3) is 0.429. The summed E-state index contributed by atoms with van der Waals surface area (Å²) in [5.74, 6) is 0.0388. The normalized spacial score (nSPS) is 10.3. The molecule has 0 aliphatic carbocycles. The molecule has 0 spiro atoms. The predicted molar refractivity (Wildman–Crippen MR) is 41.6 cm³/mol. The monoisotopic (exact) mass is 155 g/mol. The van der Waals surface area contributed by atoms with E-state index in [2.05, 4.69) is 0 Å². The Morgan fingerprint density at radius 2 is 2.00 bits per heavy atom. The minimum atomic E-state index is -0.629. The van der Waals surface area contributed by atoms with Crippen LogP contribution >= 0.6 is 0 Å². The summed E-state index contributed by atoms with van der Waals surface area (Å²) in [5, 5.41) is 0. The number of anilines is 1. The first-order chi connectivity index (χ1) is 5.18. The molecule has 0 aromatic heterocycles. The number of hydrogen-bond acceptors (Lipinski definition) is 4. The van der Waals surface area contributed by atoms with E-state index in [-0.39, 0.29) is 11.4 Å². The highest BCUT2D eigenvalue weighted by Gasteiger charge is 2.18. The van der Waals surface area contributed by atoms with Crippen LogP contribution in [0, 0.1) is 0 Å². The molecular weight excluding hydrogens is 146 g/mol. The molecule has 1 aromatic carbocycles. The number of hydrogen-bond donors (Lipinski definition) is 1. The summed E-state index contributed by atoms with van der Waals surface area (Å²) in [5.41, 5.74) is 3.91. The molecule has 0 aliphatic heterocycles. The van der Waals surface area contributed by atoms with Gasteiger partial charge in [0.25, 0.3) is 10.9 Å². The second kappa shape index (κ2) is 2.74. The summed E-state index contributed by atoms with van der Waals surface area (Å²) >= 11 is 0. The van der Waals surface area contributed by atoms with Gasteiger partial charge in [-0.1, -0.05) is 6.92 Å². The van der Waals surface area contributed by atoms with E-state index in [0.29, 0.717) is 6.61 Å². The number of nitrogen functional groups attached to an aromatic ring is 1. The first-order valence-electron chi connectivity index (χ1n) is 3.40. The standard InChI is InChI=1S/C7H9NO3/c1-2-3-11-7-4(8)5(9)6(7)10/h2-3,8H2,1H3. The molecule has 0 saturated carbocycles. The number of ether oxygens (including phenoxy) is 1. The molecule has 0 amide bonds. The lowest BCUT2D eigenvalue weighted by atomic mass is 10.2. The van der Waals surface area contributed by atoms with Gasteiger partial charge in [0.15, 0.2) is 5.75 Å². The van der Waals surface area contributed by atoms with Crippen molar-refractivity contribution in [1.29, 1.82) is 0 Å². The molecule has 60 valence electrons. The molecule has 0 radical (unpaired) electrons. The third-order valence-electron chi connectivity index (χ3n) is 1.35. The van der Waals surface area contributed by atoms with E-state index in [0.717, 1.165) is 6.42 Å². The molecular formula is C7H9NO3. The van der Waals surface area contributed by atoms with E-state index in [1.54, 1.807) is 0 Å². The lowest BCUT2D eigenvalue weighted by molar-refractivity contribution is 0.313. The first-order valence-corrected chi connectivity index (χ1v) is 3.40. The number of nitrogens with two attached hydrogens (primary N) is 1. The van der Waals surface area contributed by atoms with Crippen molar-refractivity contribution < 1.29 is 4.74 Å². The van der Waals surface area contributed by atoms with Gasteiger partial charge >= 0.3 is 0 Å². The third-order valence-corrected chi connectivity index (χ3v) is 1.35. The van der Waals surface area contributed by atoms with Crippen LogP contribution in [-0.2, 0) is 0 Å². The highest BCUT2D eigenvalue weighted by molar-refractivity contribution is 5.57. The Bertz CT molecular complexity index is 322. The largest absolute Gasteiger partial charge is 0.487 e. The van der Waals surface area contributed by atoms with Crippen molar-refractivity contribution in [1.82, 2.24) is 0 Å². The van der Waals surface area contributed by atoms with E-state index >= 15 is 0 Å². The molecule has 0 bridgehead atoms. The molecule has 1 rings (SSSR count). The summed E-state index contributed by atoms with van der Waals surface area (Å²) < 4.78 is 4.91. The second-order valence-corrected chi connectivity index (χ2v) is 2.25. The van der Waals surface area contributed by atoms with Gasteiger partial charge < -0.3 is 10.5 Å². The van der Waals surface area contributed by atoms with E-state index in [4.69, 9.17) is 10.5 Å². The third kappa shape index (κ3) is 1.11. The van der Waals surface area contributed by atoms with Crippen LogP contribution in [0.3, 0.4) is 0 Å². The Morgan fingerprint density at radius 3 is 2.45 bits per heavy atom. The van der Waals surface area contributed by atoms with Gasteiger partial charge in [-0.3, -0.25) is 9.59 Å². The zero-order chi connectivity index (χ0) is 8.43. The van der Waals surface area contributed by atoms with Crippen molar-refractivity contribution >= 4 is 5.69 Å². The fourth-order valence-corrected chi connectivity index (χ4v) is 0.736. The highest BCUT2D eigenvalue weighted by atomic mass is 16.5. The smallest absolute Gasteiger partial charge is 0.271 e. The Hall–Kier alpha value is -1.32. The van der Waals surface area contributed by atoms with E-state index < -0.39 is 10.9 Å². The molecule has 0 heterocycles. The number of rotatable bonds is 3. The summed E-state index contributed by atoms with van der Waals surface area (Å²) in [6.07, 6.45) is 0.790. The minimum absolute atomic E-state index is 0.0385. The van der Waals surface area contributed by atoms with Crippen LogP contribution in [0.1, 0.15) is 13.3 Å². The molecule has 0 saturated heterocycles. The summed E-state index contributed by atoms with van der Waals surface area (Å²) in [6.45, 7) is 2.33. The molecule has 4 nitrogen and oxygen atoms in total. The van der Waals surface area contributed by atoms with Crippen LogP contribution in [0.2, 0.25) is 0 Å². The van der Waals surface area contributed by atoms with Crippen molar-refractivity contribution in [3.05, 3.63) is 20.4 Å². The molecule has 0 unspecified atom stereocenters. The Balaban J connectivity index is 2.75. The molecule has 0 aliphatic rings. The fourth-order valence-electron chi connectivity index (χ4n) is 0.736. The van der Waals surface area contributed by atoms with Crippen molar-refractivity contribution in [3.63, 3.8) is 0 Å². The Labute approximate surface area is 63.3 Å². The van der Waals surface area contributed by atoms with Crippen LogP contribution < -0.4 is 21.3 Å². The van der Waals surface area contributed by atoms with Crippen molar-refractivity contribution in [2.24, 2.45) is 0 Å². The van der Waals surface area contributed by atoms with Gasteiger partial charge in [-0.15, -0.1) is 0 Å². The molecule has 4 heteroatoms. The summed E-state index contributed by atoms with van der Waals surface area (Å²) in [6, 6.07) is 0. The minimum Gasteiger partial charge on any atom is -0.487 e. The topological polar surface area (TPSA) is 69.4 Å². The van der Waals surface area contributed by atoms with Crippen LogP contribution in [0.4, 0.5) is 5.69 Å². The van der Waals surface area contributed by atoms with E-state index in [1.807, 2.05) is 6.92 Å². The molecule has 0 atom stereocenters. The van der Waals surface area contributed by atoms with E-state index in [9.17, 15) is 9.59 Å². The lowest BCUT2D eigenvalue weighted by Crippen LogP contribution is -2.35. The second-order valence-electron chi connectivity index (χ2n) is 2.25. The maximum atomic E-state index is 10.7. The predicted octanol–water partition coefficient (Wildman–Crippen LogP) is -0.346. The quantitative estimate of drug-likeness (QED) is 0.606. The highest BCUT2D eigenvalue weighted by Crippen LogP contribution is 2.11. The summed E-state index contributed by atoms with van der Waals surface area (Å²) in [7, 11) is 0. The average Bonchev–Trinajstić information content (AvgIpc) is 2.04. The van der Waals surface area contributed by atoms with Crippen LogP contribution in [0.15, 0.2) is 9.59 Å². The van der Waals surface area contributed by atoms with Gasteiger partial charge in [0.2, 0.25) is 0 Å². The molecule has 1 aromatic rings. The first kappa shape index (κ1) is 7.78. The SMILES string of the molecule is CCCOc1c(N)c(=O)c1=O. The molecule has 0 fully saturated rings. The van der Waals surface area contributed by atoms with Crippen LogP contribution in [0.25, 0.3) is 0 Å². The summed E-state index contributed by atoms with van der Waals surface area (Å²) in [4.78, 5) is 21.2. The van der Waals surface area contributed by atoms with Gasteiger partial charge in [-0.2, -0.15) is 0 Å². The van der Waals surface area contributed by atoms with Crippen molar-refractivity contribution in [2.75, 3.05) is 12.3 Å². The van der Waals surface area contributed by atoms with E-state index in [1.165, 1.54) is 0 Å². The maximum absolute atomic E-state index is 10.7.